The maximum absolute atomic E-state index is 14.4. The molecule has 2 aliphatic rings. The number of β-amino-alcohol motifs (C(OH)–C–C–N with tert-alkyl or cyclic N) is 1. The molecule has 2 aliphatic heterocycles. The van der Waals surface area contributed by atoms with Crippen LogP contribution in [0, 0.1) is 17.6 Å². The number of halogens is 3. The highest BCUT2D eigenvalue weighted by atomic mass is 35.5. The Balaban J connectivity index is 2.01. The average Bonchev–Trinajstić information content (AvgIpc) is 2.80. The van der Waals surface area contributed by atoms with Gasteiger partial charge in [-0.2, -0.15) is 0 Å². The Hall–Kier alpha value is -1.28. The Labute approximate surface area is 137 Å². The van der Waals surface area contributed by atoms with Gasteiger partial charge in [-0.25, -0.2) is 8.78 Å². The van der Waals surface area contributed by atoms with Crippen LogP contribution in [0.5, 0.6) is 0 Å². The summed E-state index contributed by atoms with van der Waals surface area (Å²) in [7, 11) is 0. The molecule has 3 atom stereocenters. The molecule has 0 aliphatic carbocycles. The summed E-state index contributed by atoms with van der Waals surface area (Å²) in [6.45, 7) is 0.900. The van der Waals surface area contributed by atoms with Crippen LogP contribution >= 0.6 is 11.6 Å². The lowest BCUT2D eigenvalue weighted by atomic mass is 9.89. The molecule has 0 aromatic heterocycles. The van der Waals surface area contributed by atoms with E-state index in [1.165, 1.54) is 0 Å². The minimum absolute atomic E-state index is 0.0977. The van der Waals surface area contributed by atoms with E-state index < -0.39 is 35.7 Å². The van der Waals surface area contributed by atoms with Gasteiger partial charge in [0.25, 0.3) is 0 Å². The van der Waals surface area contributed by atoms with Gasteiger partial charge in [-0.1, -0.05) is 11.6 Å². The van der Waals surface area contributed by atoms with Crippen molar-refractivity contribution in [2.45, 2.75) is 24.6 Å². The molecule has 0 spiro atoms. The van der Waals surface area contributed by atoms with Crippen LogP contribution in [0.1, 0.15) is 18.0 Å². The van der Waals surface area contributed by atoms with E-state index in [9.17, 15) is 18.7 Å². The molecule has 2 saturated heterocycles. The minimum atomic E-state index is -0.740. The number of hydrogen-bond acceptors (Lipinski definition) is 4. The van der Waals surface area contributed by atoms with E-state index in [2.05, 4.69) is 0 Å². The molecule has 2 unspecified atom stereocenters. The zero-order valence-electron chi connectivity index (χ0n) is 12.2. The molecule has 0 saturated carbocycles. The molecule has 2 fully saturated rings. The summed E-state index contributed by atoms with van der Waals surface area (Å²) in [5.74, 6) is -2.10. The summed E-state index contributed by atoms with van der Waals surface area (Å²) >= 11 is 5.61. The number of nitrogens with zero attached hydrogens (tertiary/aromatic N) is 1. The first-order valence-electron chi connectivity index (χ1n) is 7.33. The second kappa shape index (κ2) is 6.32. The lowest BCUT2D eigenvalue weighted by Gasteiger charge is -2.41. The van der Waals surface area contributed by atoms with E-state index in [-0.39, 0.29) is 29.5 Å². The number of ether oxygens (including phenoxy) is 1. The maximum atomic E-state index is 14.4. The monoisotopic (exact) mass is 346 g/mol. The predicted molar refractivity (Wildman–Crippen MR) is 78.7 cm³/mol. The molecule has 126 valence electrons. The lowest BCUT2D eigenvalue weighted by molar-refractivity contribution is -0.126. The molecule has 3 N–H and O–H groups in total. The van der Waals surface area contributed by atoms with E-state index in [1.807, 2.05) is 0 Å². The summed E-state index contributed by atoms with van der Waals surface area (Å²) in [5.41, 5.74) is 5.50. The van der Waals surface area contributed by atoms with Gasteiger partial charge in [0.15, 0.2) is 0 Å². The number of rotatable bonds is 4. The number of aliphatic hydroxyl groups excluding tert-OH is 1. The number of carbonyl (C=O) groups is 1. The van der Waals surface area contributed by atoms with Crippen molar-refractivity contribution in [3.63, 3.8) is 0 Å². The van der Waals surface area contributed by atoms with Crippen molar-refractivity contribution in [3.05, 3.63) is 34.4 Å². The van der Waals surface area contributed by atoms with Crippen LogP contribution < -0.4 is 5.73 Å². The van der Waals surface area contributed by atoms with Gasteiger partial charge in [0, 0.05) is 24.1 Å². The van der Waals surface area contributed by atoms with E-state index in [1.54, 1.807) is 4.90 Å². The highest BCUT2D eigenvalue weighted by molar-refractivity contribution is 6.30. The highest BCUT2D eigenvalue weighted by Crippen LogP contribution is 2.40. The zero-order chi connectivity index (χ0) is 16.7. The van der Waals surface area contributed by atoms with Gasteiger partial charge >= 0.3 is 0 Å². The fourth-order valence-electron chi connectivity index (χ4n) is 3.33. The third-order valence-corrected chi connectivity index (χ3v) is 4.76. The number of primary amides is 1. The van der Waals surface area contributed by atoms with E-state index in [0.29, 0.717) is 13.2 Å². The Morgan fingerprint density at radius 1 is 1.39 bits per heavy atom. The molecule has 8 heteroatoms. The number of nitrogens with two attached hydrogens (primary N) is 1. The number of hydrogen-bond donors (Lipinski definition) is 2. The molecule has 5 nitrogen and oxygen atoms in total. The number of amides is 1. The maximum Gasteiger partial charge on any atom is 0.234 e. The fraction of sp³-hybridized carbons (Fsp3) is 0.533. The lowest BCUT2D eigenvalue weighted by Crippen LogP contribution is -2.48. The van der Waals surface area contributed by atoms with Gasteiger partial charge in [-0.15, -0.1) is 0 Å². The number of carbonyl (C=O) groups excluding carboxylic acids is 1. The summed E-state index contributed by atoms with van der Waals surface area (Å²) in [5, 5.41) is 9.58. The van der Waals surface area contributed by atoms with Crippen LogP contribution in [0.3, 0.4) is 0 Å². The van der Waals surface area contributed by atoms with Gasteiger partial charge in [0.1, 0.15) is 11.6 Å². The quantitative estimate of drug-likeness (QED) is 0.804. The largest absolute Gasteiger partial charge is 0.392 e. The minimum Gasteiger partial charge on any atom is -0.392 e. The van der Waals surface area contributed by atoms with Crippen molar-refractivity contribution in [2.75, 3.05) is 19.8 Å². The second-order valence-corrected chi connectivity index (χ2v) is 6.44. The molecule has 23 heavy (non-hydrogen) atoms. The molecule has 1 aromatic rings. The number of aliphatic hydroxyl groups is 1. The molecule has 1 aromatic carbocycles. The molecular weight excluding hydrogens is 330 g/mol. The van der Waals surface area contributed by atoms with Crippen molar-refractivity contribution in [1.29, 1.82) is 0 Å². The van der Waals surface area contributed by atoms with Crippen molar-refractivity contribution in [2.24, 2.45) is 11.7 Å². The summed E-state index contributed by atoms with van der Waals surface area (Å²) < 4.78 is 33.4. The van der Waals surface area contributed by atoms with Crippen molar-refractivity contribution in [1.82, 2.24) is 4.90 Å². The normalized spacial score (nSPS) is 27.0. The van der Waals surface area contributed by atoms with Gasteiger partial charge in [0.05, 0.1) is 30.4 Å². The first-order valence-corrected chi connectivity index (χ1v) is 7.71. The summed E-state index contributed by atoms with van der Waals surface area (Å²) in [6.07, 6.45) is -0.562. The summed E-state index contributed by atoms with van der Waals surface area (Å²) in [4.78, 5) is 13.3. The van der Waals surface area contributed by atoms with Crippen molar-refractivity contribution < 1.29 is 23.4 Å². The van der Waals surface area contributed by atoms with Crippen LogP contribution in [-0.2, 0) is 9.53 Å². The van der Waals surface area contributed by atoms with Crippen molar-refractivity contribution >= 4 is 17.5 Å². The van der Waals surface area contributed by atoms with Gasteiger partial charge in [0.2, 0.25) is 5.91 Å². The van der Waals surface area contributed by atoms with Crippen LogP contribution in [0.15, 0.2) is 12.1 Å². The Morgan fingerprint density at radius 2 is 2.09 bits per heavy atom. The van der Waals surface area contributed by atoms with Crippen LogP contribution in [0.25, 0.3) is 0 Å². The van der Waals surface area contributed by atoms with Gasteiger partial charge < -0.3 is 15.6 Å². The Kier molecular flexibility index (Phi) is 4.55. The predicted octanol–water partition coefficient (Wildman–Crippen LogP) is 1.23. The van der Waals surface area contributed by atoms with Crippen LogP contribution in [0.2, 0.25) is 5.02 Å². The Morgan fingerprint density at radius 3 is 2.65 bits per heavy atom. The third-order valence-electron chi connectivity index (χ3n) is 4.47. The Bertz CT molecular complexity index is 627. The zero-order valence-corrected chi connectivity index (χ0v) is 13.0. The summed E-state index contributed by atoms with van der Waals surface area (Å²) in [6, 6.07) is 0.632. The first kappa shape index (κ1) is 16.6. The fourth-order valence-corrected chi connectivity index (χ4v) is 3.48. The van der Waals surface area contributed by atoms with Crippen LogP contribution in [-0.4, -0.2) is 47.8 Å². The number of benzene rings is 1. The smallest absolute Gasteiger partial charge is 0.234 e. The number of likely N-dealkylation sites (tertiary alicyclic amines) is 1. The SMILES string of the molecule is NC(=O)C1CC(O)CN1[C@@H](c1cc(F)c(Cl)cc1F)C1COC1. The molecular formula is C15H17ClF2N2O3. The van der Waals surface area contributed by atoms with Crippen LogP contribution in [0.4, 0.5) is 8.78 Å². The van der Waals surface area contributed by atoms with Crippen molar-refractivity contribution in [3.8, 4) is 0 Å². The highest BCUT2D eigenvalue weighted by Gasteiger charge is 2.45. The van der Waals surface area contributed by atoms with Gasteiger partial charge in [-0.3, -0.25) is 9.69 Å². The van der Waals surface area contributed by atoms with E-state index in [4.69, 9.17) is 22.1 Å². The molecule has 1 amide bonds. The molecule has 3 rings (SSSR count). The topological polar surface area (TPSA) is 75.8 Å². The second-order valence-electron chi connectivity index (χ2n) is 6.03. The third kappa shape index (κ3) is 3.06. The standard InChI is InChI=1S/C15H17ClF2N2O3/c16-10-3-11(17)9(2-12(10)18)14(7-5-23-6-7)20-4-8(21)1-13(20)15(19)22/h2-3,7-8,13-14,21H,1,4-6H2,(H2,19,22)/t8?,13?,14-/m1/s1. The molecule has 2 heterocycles. The average molecular weight is 347 g/mol. The van der Waals surface area contributed by atoms with E-state index in [0.717, 1.165) is 12.1 Å². The molecule has 0 bridgehead atoms. The first-order chi connectivity index (χ1) is 10.9. The van der Waals surface area contributed by atoms with E-state index >= 15 is 0 Å². The van der Waals surface area contributed by atoms with Gasteiger partial charge in [-0.05, 0) is 18.6 Å². The molecule has 0 radical (unpaired) electrons.